The molecular formula is C23H47NO. The molecule has 0 radical (unpaired) electrons. The van der Waals surface area contributed by atoms with E-state index in [2.05, 4.69) is 32.6 Å². The van der Waals surface area contributed by atoms with Crippen LogP contribution >= 0.6 is 0 Å². The molecule has 0 heterocycles. The van der Waals surface area contributed by atoms with Gasteiger partial charge in [0.1, 0.15) is 0 Å². The first-order valence-electron chi connectivity index (χ1n) is 11.5. The van der Waals surface area contributed by atoms with Crippen LogP contribution in [0.4, 0.5) is 0 Å². The standard InChI is InChI=1S/C23H47NO/c1-5-9-11-12-13-14-15-16-17-18-21-24(20-7-3)23(25)22(8-4)19-10-6-2/h22H,5-21H2,1-4H3. The lowest BCUT2D eigenvalue weighted by Gasteiger charge is -2.27. The van der Waals surface area contributed by atoms with Gasteiger partial charge in [0.2, 0.25) is 5.91 Å². The summed E-state index contributed by atoms with van der Waals surface area (Å²) in [7, 11) is 0. The molecule has 2 heteroatoms. The lowest BCUT2D eigenvalue weighted by Crippen LogP contribution is -2.37. The zero-order chi connectivity index (χ0) is 18.8. The normalized spacial score (nSPS) is 12.3. The van der Waals surface area contributed by atoms with Crippen LogP contribution in [-0.4, -0.2) is 23.9 Å². The van der Waals surface area contributed by atoms with Gasteiger partial charge in [-0.2, -0.15) is 0 Å². The highest BCUT2D eigenvalue weighted by Gasteiger charge is 2.21. The summed E-state index contributed by atoms with van der Waals surface area (Å²) in [5.74, 6) is 0.684. The van der Waals surface area contributed by atoms with E-state index in [4.69, 9.17) is 0 Å². The van der Waals surface area contributed by atoms with E-state index in [1.165, 1.54) is 77.0 Å². The second-order valence-electron chi connectivity index (χ2n) is 7.75. The van der Waals surface area contributed by atoms with Crippen molar-refractivity contribution in [2.45, 2.75) is 124 Å². The van der Waals surface area contributed by atoms with Crippen molar-refractivity contribution >= 4 is 5.91 Å². The first-order chi connectivity index (χ1) is 12.2. The molecule has 0 aliphatic rings. The van der Waals surface area contributed by atoms with Gasteiger partial charge in [0.25, 0.3) is 0 Å². The van der Waals surface area contributed by atoms with Crippen molar-refractivity contribution in [3.8, 4) is 0 Å². The van der Waals surface area contributed by atoms with E-state index in [-0.39, 0.29) is 5.92 Å². The van der Waals surface area contributed by atoms with Gasteiger partial charge in [-0.05, 0) is 25.7 Å². The topological polar surface area (TPSA) is 20.3 Å². The van der Waals surface area contributed by atoms with Crippen LogP contribution in [0.25, 0.3) is 0 Å². The number of amides is 1. The maximum atomic E-state index is 12.8. The van der Waals surface area contributed by atoms with Gasteiger partial charge in [-0.15, -0.1) is 0 Å². The van der Waals surface area contributed by atoms with Crippen molar-refractivity contribution in [3.05, 3.63) is 0 Å². The first kappa shape index (κ1) is 24.5. The monoisotopic (exact) mass is 353 g/mol. The molecule has 1 amide bonds. The molecule has 0 spiro atoms. The molecule has 0 aliphatic heterocycles. The number of carbonyl (C=O) groups excluding carboxylic acids is 1. The molecular weight excluding hydrogens is 306 g/mol. The fraction of sp³-hybridized carbons (Fsp3) is 0.957. The van der Waals surface area contributed by atoms with Gasteiger partial charge in [0.15, 0.2) is 0 Å². The minimum Gasteiger partial charge on any atom is -0.342 e. The lowest BCUT2D eigenvalue weighted by molar-refractivity contribution is -0.136. The highest BCUT2D eigenvalue weighted by molar-refractivity contribution is 5.78. The SMILES string of the molecule is CCCCCCCCCCCCN(CCC)C(=O)C(CC)CCCC. The molecule has 25 heavy (non-hydrogen) atoms. The third-order valence-corrected chi connectivity index (χ3v) is 5.33. The molecule has 0 saturated heterocycles. The highest BCUT2D eigenvalue weighted by Crippen LogP contribution is 2.17. The molecule has 150 valence electrons. The van der Waals surface area contributed by atoms with Crippen LogP contribution in [0.2, 0.25) is 0 Å². The van der Waals surface area contributed by atoms with Gasteiger partial charge in [0, 0.05) is 19.0 Å². The van der Waals surface area contributed by atoms with E-state index in [0.717, 1.165) is 32.4 Å². The number of nitrogens with zero attached hydrogens (tertiary/aromatic N) is 1. The smallest absolute Gasteiger partial charge is 0.225 e. The van der Waals surface area contributed by atoms with Gasteiger partial charge in [0.05, 0.1) is 0 Å². The summed E-state index contributed by atoms with van der Waals surface area (Å²) in [5.41, 5.74) is 0. The number of hydrogen-bond donors (Lipinski definition) is 0. The summed E-state index contributed by atoms with van der Waals surface area (Å²) >= 11 is 0. The zero-order valence-electron chi connectivity index (χ0n) is 18.0. The van der Waals surface area contributed by atoms with E-state index in [0.29, 0.717) is 5.91 Å². The molecule has 0 N–H and O–H groups in total. The van der Waals surface area contributed by atoms with E-state index >= 15 is 0 Å². The Morgan fingerprint density at radius 2 is 1.16 bits per heavy atom. The number of carbonyl (C=O) groups is 1. The Morgan fingerprint density at radius 1 is 0.640 bits per heavy atom. The van der Waals surface area contributed by atoms with E-state index in [9.17, 15) is 4.79 Å². The summed E-state index contributed by atoms with van der Waals surface area (Å²) in [4.78, 5) is 14.9. The fourth-order valence-electron chi connectivity index (χ4n) is 3.60. The van der Waals surface area contributed by atoms with Crippen LogP contribution in [0.3, 0.4) is 0 Å². The summed E-state index contributed by atoms with van der Waals surface area (Å²) in [6.45, 7) is 10.8. The molecule has 0 aromatic heterocycles. The molecule has 0 saturated carbocycles. The predicted molar refractivity (Wildman–Crippen MR) is 112 cm³/mol. The van der Waals surface area contributed by atoms with Crippen LogP contribution in [0.5, 0.6) is 0 Å². The third kappa shape index (κ3) is 13.3. The fourth-order valence-corrected chi connectivity index (χ4v) is 3.60. The molecule has 1 unspecified atom stereocenters. The molecule has 0 rings (SSSR count). The van der Waals surface area contributed by atoms with Gasteiger partial charge in [-0.1, -0.05) is 98.3 Å². The zero-order valence-corrected chi connectivity index (χ0v) is 18.0. The van der Waals surface area contributed by atoms with Crippen molar-refractivity contribution in [3.63, 3.8) is 0 Å². The average molecular weight is 354 g/mol. The van der Waals surface area contributed by atoms with Crippen molar-refractivity contribution in [1.29, 1.82) is 0 Å². The second kappa shape index (κ2) is 18.3. The van der Waals surface area contributed by atoms with Crippen LogP contribution in [-0.2, 0) is 4.79 Å². The Bertz CT molecular complexity index is 290. The average Bonchev–Trinajstić information content (AvgIpc) is 2.62. The van der Waals surface area contributed by atoms with E-state index in [1.807, 2.05) is 0 Å². The Balaban J connectivity index is 3.89. The Labute approximate surface area is 159 Å². The van der Waals surface area contributed by atoms with Crippen molar-refractivity contribution in [2.24, 2.45) is 5.92 Å². The van der Waals surface area contributed by atoms with Gasteiger partial charge in [-0.25, -0.2) is 0 Å². The molecule has 0 aliphatic carbocycles. The Kier molecular flexibility index (Phi) is 17.9. The van der Waals surface area contributed by atoms with E-state index < -0.39 is 0 Å². The lowest BCUT2D eigenvalue weighted by atomic mass is 9.97. The number of hydrogen-bond acceptors (Lipinski definition) is 1. The first-order valence-corrected chi connectivity index (χ1v) is 11.5. The van der Waals surface area contributed by atoms with Crippen LogP contribution in [0.1, 0.15) is 124 Å². The summed E-state index contributed by atoms with van der Waals surface area (Å²) in [6, 6.07) is 0. The maximum absolute atomic E-state index is 12.8. The Morgan fingerprint density at radius 3 is 1.64 bits per heavy atom. The number of rotatable bonds is 18. The summed E-state index contributed by atoms with van der Waals surface area (Å²) in [6.07, 6.45) is 19.1. The van der Waals surface area contributed by atoms with Crippen molar-refractivity contribution < 1.29 is 4.79 Å². The summed E-state index contributed by atoms with van der Waals surface area (Å²) in [5, 5.41) is 0. The summed E-state index contributed by atoms with van der Waals surface area (Å²) < 4.78 is 0. The highest BCUT2D eigenvalue weighted by atomic mass is 16.2. The van der Waals surface area contributed by atoms with Crippen molar-refractivity contribution in [2.75, 3.05) is 13.1 Å². The van der Waals surface area contributed by atoms with Crippen LogP contribution in [0.15, 0.2) is 0 Å². The van der Waals surface area contributed by atoms with Gasteiger partial charge >= 0.3 is 0 Å². The molecule has 1 atom stereocenters. The minimum absolute atomic E-state index is 0.259. The van der Waals surface area contributed by atoms with Gasteiger partial charge < -0.3 is 4.90 Å². The van der Waals surface area contributed by atoms with Gasteiger partial charge in [-0.3, -0.25) is 4.79 Å². The molecule has 0 bridgehead atoms. The van der Waals surface area contributed by atoms with Crippen LogP contribution in [0, 0.1) is 5.92 Å². The van der Waals surface area contributed by atoms with Crippen molar-refractivity contribution in [1.82, 2.24) is 4.90 Å². The van der Waals surface area contributed by atoms with E-state index in [1.54, 1.807) is 0 Å². The largest absolute Gasteiger partial charge is 0.342 e. The molecule has 0 aromatic rings. The number of unbranched alkanes of at least 4 members (excludes halogenated alkanes) is 10. The third-order valence-electron chi connectivity index (χ3n) is 5.33. The minimum atomic E-state index is 0.259. The molecule has 0 aromatic carbocycles. The molecule has 0 fully saturated rings. The Hall–Kier alpha value is -0.530. The quantitative estimate of drug-likeness (QED) is 0.236. The molecule has 2 nitrogen and oxygen atoms in total. The predicted octanol–water partition coefficient (Wildman–Crippen LogP) is 7.36. The second-order valence-corrected chi connectivity index (χ2v) is 7.75. The van der Waals surface area contributed by atoms with Crippen LogP contribution < -0.4 is 0 Å². The maximum Gasteiger partial charge on any atom is 0.225 e.